The third-order valence-electron chi connectivity index (χ3n) is 5.38. The quantitative estimate of drug-likeness (QED) is 0.524. The van der Waals surface area contributed by atoms with Crippen LogP contribution < -0.4 is 10.6 Å². The number of urea groups is 1. The summed E-state index contributed by atoms with van der Waals surface area (Å²) < 4.78 is 38.7. The third-order valence-corrected chi connectivity index (χ3v) is 5.38. The van der Waals surface area contributed by atoms with Crippen LogP contribution in [0.4, 0.5) is 23.7 Å². The van der Waals surface area contributed by atoms with Gasteiger partial charge in [0.15, 0.2) is 0 Å². The second-order valence-electron chi connectivity index (χ2n) is 7.52. The van der Waals surface area contributed by atoms with Crippen LogP contribution in [-0.2, 0) is 22.2 Å². The minimum atomic E-state index is -4.56. The number of carbonyl (C=O) groups is 3. The highest BCUT2D eigenvalue weighted by Gasteiger charge is 2.43. The van der Waals surface area contributed by atoms with E-state index in [0.717, 1.165) is 39.6 Å². The van der Waals surface area contributed by atoms with Gasteiger partial charge in [0.2, 0.25) is 5.91 Å². The molecular formula is C22H19F3N4O3. The Labute approximate surface area is 180 Å². The lowest BCUT2D eigenvalue weighted by Gasteiger charge is -2.21. The van der Waals surface area contributed by atoms with Crippen LogP contribution in [0.1, 0.15) is 18.1 Å². The minimum absolute atomic E-state index is 0.0842. The Morgan fingerprint density at radius 2 is 1.91 bits per heavy atom. The second-order valence-corrected chi connectivity index (χ2v) is 7.52. The molecule has 1 saturated heterocycles. The van der Waals surface area contributed by atoms with E-state index in [4.69, 9.17) is 0 Å². The molecule has 10 heteroatoms. The van der Waals surface area contributed by atoms with E-state index in [9.17, 15) is 27.6 Å². The fourth-order valence-corrected chi connectivity index (χ4v) is 3.71. The number of H-pyrrole nitrogens is 1. The number of anilines is 1. The van der Waals surface area contributed by atoms with Crippen molar-refractivity contribution >= 4 is 34.4 Å². The van der Waals surface area contributed by atoms with Crippen LogP contribution in [-0.4, -0.2) is 39.8 Å². The van der Waals surface area contributed by atoms with Crippen molar-refractivity contribution in [3.8, 4) is 0 Å². The van der Waals surface area contributed by atoms with Crippen LogP contribution in [0.5, 0.6) is 0 Å². The summed E-state index contributed by atoms with van der Waals surface area (Å²) in [6.07, 6.45) is -2.57. The molecule has 3 aromatic rings. The molecule has 3 N–H and O–H groups in total. The number of carbonyl (C=O) groups excluding carboxylic acids is 3. The number of benzene rings is 2. The highest BCUT2D eigenvalue weighted by Crippen LogP contribution is 2.31. The van der Waals surface area contributed by atoms with Gasteiger partial charge in [-0.15, -0.1) is 0 Å². The van der Waals surface area contributed by atoms with E-state index < -0.39 is 41.7 Å². The number of hydrogen-bond donors (Lipinski definition) is 3. The molecular weight excluding hydrogens is 425 g/mol. The van der Waals surface area contributed by atoms with Gasteiger partial charge in [-0.3, -0.25) is 14.5 Å². The first-order chi connectivity index (χ1) is 15.1. The molecule has 4 amide bonds. The predicted molar refractivity (Wildman–Crippen MR) is 111 cm³/mol. The lowest BCUT2D eigenvalue weighted by Crippen LogP contribution is -2.46. The molecule has 2 atom stereocenters. The third kappa shape index (κ3) is 4.03. The van der Waals surface area contributed by atoms with Gasteiger partial charge >= 0.3 is 12.2 Å². The van der Waals surface area contributed by atoms with Gasteiger partial charge in [-0.25, -0.2) is 4.79 Å². The van der Waals surface area contributed by atoms with E-state index in [1.807, 2.05) is 24.3 Å². The van der Waals surface area contributed by atoms with E-state index in [2.05, 4.69) is 15.6 Å². The highest BCUT2D eigenvalue weighted by molar-refractivity contribution is 6.09. The zero-order chi connectivity index (χ0) is 23.0. The molecule has 1 aliphatic rings. The van der Waals surface area contributed by atoms with Crippen LogP contribution in [0.2, 0.25) is 0 Å². The Kier molecular flexibility index (Phi) is 5.37. The lowest BCUT2D eigenvalue weighted by molar-refractivity contribution is -0.137. The second kappa shape index (κ2) is 8.03. The molecule has 2 heterocycles. The van der Waals surface area contributed by atoms with Crippen molar-refractivity contribution in [2.75, 3.05) is 5.32 Å². The summed E-state index contributed by atoms with van der Waals surface area (Å²) in [6, 6.07) is 8.84. The molecule has 0 spiro atoms. The van der Waals surface area contributed by atoms with Gasteiger partial charge in [0, 0.05) is 29.2 Å². The number of hydrogen-bond acceptors (Lipinski definition) is 3. The highest BCUT2D eigenvalue weighted by atomic mass is 19.4. The zero-order valence-corrected chi connectivity index (χ0v) is 16.9. The number of aromatic amines is 1. The SMILES string of the molecule is C[C@H](C(=O)Nc1cccc(C(F)(F)F)c1)N1C(=O)N[C@@H](Cc2c[nH]c3ccccc23)C1=O. The number of para-hydroxylation sites is 1. The predicted octanol–water partition coefficient (Wildman–Crippen LogP) is 3.68. The largest absolute Gasteiger partial charge is 0.416 e. The molecule has 0 bridgehead atoms. The summed E-state index contributed by atoms with van der Waals surface area (Å²) in [4.78, 5) is 41.8. The molecule has 32 heavy (non-hydrogen) atoms. The number of halogens is 3. The summed E-state index contributed by atoms with van der Waals surface area (Å²) in [6.45, 7) is 1.34. The van der Waals surface area contributed by atoms with E-state index >= 15 is 0 Å². The van der Waals surface area contributed by atoms with E-state index in [-0.39, 0.29) is 12.1 Å². The Hall–Kier alpha value is -3.82. The maximum atomic E-state index is 12.9. The van der Waals surface area contributed by atoms with Gasteiger partial charge < -0.3 is 15.6 Å². The van der Waals surface area contributed by atoms with Crippen LogP contribution in [0, 0.1) is 0 Å². The Balaban J connectivity index is 1.47. The van der Waals surface area contributed by atoms with Crippen LogP contribution >= 0.6 is 0 Å². The fourth-order valence-electron chi connectivity index (χ4n) is 3.71. The number of imide groups is 1. The number of nitrogens with zero attached hydrogens (tertiary/aromatic N) is 1. The standard InChI is InChI=1S/C22H19F3N4O3/c1-12(19(30)27-15-6-4-5-14(10-15)22(23,24)25)29-20(31)18(28-21(29)32)9-13-11-26-17-8-3-2-7-16(13)17/h2-8,10-12,18,26H,9H2,1H3,(H,27,30)(H,28,32)/t12-,18+/m1/s1. The average Bonchev–Trinajstić information content (AvgIpc) is 3.28. The zero-order valence-electron chi connectivity index (χ0n) is 16.9. The molecule has 2 aromatic carbocycles. The van der Waals surface area contributed by atoms with Gasteiger partial charge in [0.25, 0.3) is 5.91 Å². The van der Waals surface area contributed by atoms with Gasteiger partial charge in [0.05, 0.1) is 5.56 Å². The molecule has 0 radical (unpaired) electrons. The van der Waals surface area contributed by atoms with E-state index in [1.54, 1.807) is 6.20 Å². The molecule has 1 fully saturated rings. The van der Waals surface area contributed by atoms with Crippen LogP contribution in [0.15, 0.2) is 54.7 Å². The summed E-state index contributed by atoms with van der Waals surface area (Å²) >= 11 is 0. The monoisotopic (exact) mass is 444 g/mol. The Morgan fingerprint density at radius 1 is 1.16 bits per heavy atom. The number of alkyl halides is 3. The molecule has 0 saturated carbocycles. The normalized spacial score (nSPS) is 17.5. The Bertz CT molecular complexity index is 1200. The topological polar surface area (TPSA) is 94.3 Å². The van der Waals surface area contributed by atoms with Crippen molar-refractivity contribution in [1.82, 2.24) is 15.2 Å². The van der Waals surface area contributed by atoms with Crippen LogP contribution in [0.25, 0.3) is 10.9 Å². The average molecular weight is 444 g/mol. The van der Waals surface area contributed by atoms with Crippen molar-refractivity contribution in [3.63, 3.8) is 0 Å². The Morgan fingerprint density at radius 3 is 2.66 bits per heavy atom. The first kappa shape index (κ1) is 21.4. The molecule has 1 aromatic heterocycles. The van der Waals surface area contributed by atoms with Crippen molar-refractivity contribution in [1.29, 1.82) is 0 Å². The van der Waals surface area contributed by atoms with Gasteiger partial charge in [-0.2, -0.15) is 13.2 Å². The summed E-state index contributed by atoms with van der Waals surface area (Å²) in [5.74, 6) is -1.35. The molecule has 4 rings (SSSR count). The van der Waals surface area contributed by atoms with Crippen molar-refractivity contribution < 1.29 is 27.6 Å². The van der Waals surface area contributed by atoms with Gasteiger partial charge in [-0.05, 0) is 36.8 Å². The summed E-state index contributed by atoms with van der Waals surface area (Å²) in [7, 11) is 0. The maximum Gasteiger partial charge on any atom is 0.416 e. The smallest absolute Gasteiger partial charge is 0.361 e. The van der Waals surface area contributed by atoms with Gasteiger partial charge in [0.1, 0.15) is 12.1 Å². The number of rotatable bonds is 5. The number of nitrogens with one attached hydrogen (secondary N) is 3. The molecule has 0 aliphatic carbocycles. The first-order valence-electron chi connectivity index (χ1n) is 9.82. The van der Waals surface area contributed by atoms with Crippen molar-refractivity contribution in [2.24, 2.45) is 0 Å². The van der Waals surface area contributed by atoms with Crippen LogP contribution in [0.3, 0.4) is 0 Å². The van der Waals surface area contributed by atoms with E-state index in [1.165, 1.54) is 13.0 Å². The summed E-state index contributed by atoms with van der Waals surface area (Å²) in [5.41, 5.74) is 0.725. The minimum Gasteiger partial charge on any atom is -0.361 e. The summed E-state index contributed by atoms with van der Waals surface area (Å²) in [5, 5.41) is 5.84. The number of amides is 4. The fraction of sp³-hybridized carbons (Fsp3) is 0.227. The van der Waals surface area contributed by atoms with Gasteiger partial charge in [-0.1, -0.05) is 24.3 Å². The number of aromatic nitrogens is 1. The molecule has 7 nitrogen and oxygen atoms in total. The lowest BCUT2D eigenvalue weighted by atomic mass is 10.0. The van der Waals surface area contributed by atoms with E-state index in [0.29, 0.717) is 0 Å². The van der Waals surface area contributed by atoms with Crippen molar-refractivity contribution in [2.45, 2.75) is 31.6 Å². The van der Waals surface area contributed by atoms with Crippen molar-refractivity contribution in [3.05, 3.63) is 65.9 Å². The maximum absolute atomic E-state index is 12.9. The molecule has 166 valence electrons. The molecule has 0 unspecified atom stereocenters. The molecule has 1 aliphatic heterocycles. The first-order valence-corrected chi connectivity index (χ1v) is 9.82. The number of fused-ring (bicyclic) bond motifs is 1.